The van der Waals surface area contributed by atoms with E-state index in [0.717, 1.165) is 33.7 Å². The smallest absolute Gasteiger partial charge is 0.368 e. The fourth-order valence-electron chi connectivity index (χ4n) is 3.10. The van der Waals surface area contributed by atoms with Gasteiger partial charge in [-0.3, -0.25) is 4.98 Å². The van der Waals surface area contributed by atoms with Gasteiger partial charge in [-0.05, 0) is 59.7 Å². The van der Waals surface area contributed by atoms with E-state index in [1.807, 2.05) is 74.6 Å². The van der Waals surface area contributed by atoms with Gasteiger partial charge < -0.3 is 4.74 Å². The summed E-state index contributed by atoms with van der Waals surface area (Å²) in [5, 5.41) is 7.76. The second-order valence-electron chi connectivity index (χ2n) is 6.87. The number of ether oxygens (including phenoxy) is 1. The topological polar surface area (TPSA) is 74.8 Å². The molecule has 4 rings (SSSR count). The van der Waals surface area contributed by atoms with Crippen LogP contribution in [0.2, 0.25) is 0 Å². The Kier molecular flexibility index (Phi) is 4.95. The Morgan fingerprint density at radius 2 is 1.79 bits per heavy atom. The van der Waals surface area contributed by atoms with Crippen LogP contribution in [0.3, 0.4) is 0 Å². The van der Waals surface area contributed by atoms with Gasteiger partial charge in [0.2, 0.25) is 0 Å². The number of pyridine rings is 1. The first-order valence-corrected chi connectivity index (χ1v) is 9.27. The van der Waals surface area contributed by atoms with Gasteiger partial charge in [0.05, 0.1) is 5.69 Å². The summed E-state index contributed by atoms with van der Waals surface area (Å²) >= 11 is 0. The number of benzene rings is 2. The van der Waals surface area contributed by atoms with Crippen molar-refractivity contribution in [3.63, 3.8) is 0 Å². The van der Waals surface area contributed by atoms with Crippen molar-refractivity contribution in [1.29, 1.82) is 0 Å². The molecule has 0 fully saturated rings. The molecule has 0 radical (unpaired) electrons. The lowest BCUT2D eigenvalue weighted by molar-refractivity contribution is 0.305. The molecule has 0 aliphatic heterocycles. The van der Waals surface area contributed by atoms with Gasteiger partial charge in [-0.25, -0.2) is 4.79 Å². The minimum Gasteiger partial charge on any atom is -0.489 e. The highest BCUT2D eigenvalue weighted by atomic mass is 16.5. The lowest BCUT2D eigenvalue weighted by Gasteiger charge is -2.13. The Hall–Kier alpha value is -3.74. The first-order chi connectivity index (χ1) is 14.0. The maximum absolute atomic E-state index is 12.3. The van der Waals surface area contributed by atoms with Crippen LogP contribution in [-0.4, -0.2) is 24.8 Å². The van der Waals surface area contributed by atoms with Crippen LogP contribution in [0.15, 0.2) is 65.6 Å². The summed E-state index contributed by atoms with van der Waals surface area (Å²) in [4.78, 5) is 16.6. The lowest BCUT2D eigenvalue weighted by atomic mass is 10.1. The molecule has 0 unspecified atom stereocenters. The number of aromatic nitrogens is 5. The van der Waals surface area contributed by atoms with Crippen molar-refractivity contribution in [2.45, 2.75) is 20.5 Å². The van der Waals surface area contributed by atoms with Crippen LogP contribution in [0.25, 0.3) is 16.8 Å². The highest BCUT2D eigenvalue weighted by Gasteiger charge is 2.13. The fourth-order valence-corrected chi connectivity index (χ4v) is 3.10. The van der Waals surface area contributed by atoms with Crippen molar-refractivity contribution < 1.29 is 4.74 Å². The molecule has 0 saturated carbocycles. The van der Waals surface area contributed by atoms with E-state index >= 15 is 0 Å². The third kappa shape index (κ3) is 3.80. The SMILES string of the molecule is Cc1ccc(-c2cccc(OCc3c(C)cccc3-n3nnn(C)c3=O)c2)cn1. The van der Waals surface area contributed by atoms with E-state index in [4.69, 9.17) is 4.74 Å². The predicted molar refractivity (Wildman–Crippen MR) is 110 cm³/mol. The fraction of sp³-hybridized carbons (Fsp3) is 0.182. The summed E-state index contributed by atoms with van der Waals surface area (Å²) in [5.74, 6) is 0.740. The molecule has 2 aromatic heterocycles. The third-order valence-corrected chi connectivity index (χ3v) is 4.80. The van der Waals surface area contributed by atoms with Gasteiger partial charge in [0.1, 0.15) is 12.4 Å². The van der Waals surface area contributed by atoms with E-state index in [2.05, 4.69) is 15.4 Å². The zero-order valence-corrected chi connectivity index (χ0v) is 16.5. The molecular formula is C22H21N5O2. The molecule has 0 N–H and O–H groups in total. The summed E-state index contributed by atoms with van der Waals surface area (Å²) in [6, 6.07) is 17.6. The molecule has 0 amide bonds. The summed E-state index contributed by atoms with van der Waals surface area (Å²) in [6.07, 6.45) is 1.86. The van der Waals surface area contributed by atoms with Crippen LogP contribution in [0.4, 0.5) is 0 Å². The van der Waals surface area contributed by atoms with Gasteiger partial charge in [0.25, 0.3) is 0 Å². The second-order valence-corrected chi connectivity index (χ2v) is 6.87. The highest BCUT2D eigenvalue weighted by molar-refractivity contribution is 5.64. The largest absolute Gasteiger partial charge is 0.489 e. The number of tetrazole rings is 1. The molecule has 0 spiro atoms. The minimum atomic E-state index is -0.300. The summed E-state index contributed by atoms with van der Waals surface area (Å²) < 4.78 is 8.57. The molecule has 7 heteroatoms. The summed E-state index contributed by atoms with van der Waals surface area (Å²) in [5.41, 5.74) is 5.31. The van der Waals surface area contributed by atoms with Crippen LogP contribution >= 0.6 is 0 Å². The maximum atomic E-state index is 12.3. The predicted octanol–water partition coefficient (Wildman–Crippen LogP) is 3.22. The quantitative estimate of drug-likeness (QED) is 0.526. The molecule has 2 heterocycles. The average Bonchev–Trinajstić information content (AvgIpc) is 3.06. The van der Waals surface area contributed by atoms with Crippen molar-refractivity contribution in [1.82, 2.24) is 24.8 Å². The average molecular weight is 387 g/mol. The van der Waals surface area contributed by atoms with Crippen LogP contribution in [0.5, 0.6) is 5.75 Å². The molecule has 0 saturated heterocycles. The van der Waals surface area contributed by atoms with Gasteiger partial charge in [0.15, 0.2) is 0 Å². The monoisotopic (exact) mass is 387 g/mol. The number of hydrogen-bond acceptors (Lipinski definition) is 5. The Morgan fingerprint density at radius 3 is 2.52 bits per heavy atom. The van der Waals surface area contributed by atoms with Crippen molar-refractivity contribution >= 4 is 0 Å². The van der Waals surface area contributed by atoms with Crippen molar-refractivity contribution in [3.8, 4) is 22.6 Å². The molecule has 4 aromatic rings. The molecule has 2 aromatic carbocycles. The molecule has 0 aliphatic carbocycles. The van der Waals surface area contributed by atoms with Gasteiger partial charge in [0, 0.05) is 30.1 Å². The standard InChI is InChI=1S/C22H21N5O2/c1-15-6-4-9-21(27-22(28)26(3)24-25-27)20(15)14-29-19-8-5-7-17(12-19)18-11-10-16(2)23-13-18/h4-13H,14H2,1-3H3. The van der Waals surface area contributed by atoms with E-state index in [9.17, 15) is 4.79 Å². The van der Waals surface area contributed by atoms with E-state index < -0.39 is 0 Å². The first-order valence-electron chi connectivity index (χ1n) is 9.27. The lowest BCUT2D eigenvalue weighted by Crippen LogP contribution is -2.23. The first kappa shape index (κ1) is 18.6. The van der Waals surface area contributed by atoms with Crippen molar-refractivity contribution in [3.05, 3.63) is 88.1 Å². The third-order valence-electron chi connectivity index (χ3n) is 4.80. The second kappa shape index (κ2) is 7.71. The molecule has 29 heavy (non-hydrogen) atoms. The van der Waals surface area contributed by atoms with Gasteiger partial charge in [-0.1, -0.05) is 30.3 Å². The summed E-state index contributed by atoms with van der Waals surface area (Å²) in [7, 11) is 1.57. The summed E-state index contributed by atoms with van der Waals surface area (Å²) in [6.45, 7) is 4.25. The van der Waals surface area contributed by atoms with E-state index in [1.54, 1.807) is 7.05 Å². The maximum Gasteiger partial charge on any atom is 0.368 e. The van der Waals surface area contributed by atoms with Crippen molar-refractivity contribution in [2.24, 2.45) is 7.05 Å². The molecule has 7 nitrogen and oxygen atoms in total. The molecule has 0 bridgehead atoms. The van der Waals surface area contributed by atoms with Crippen LogP contribution in [0.1, 0.15) is 16.8 Å². The number of hydrogen-bond donors (Lipinski definition) is 0. The zero-order valence-electron chi connectivity index (χ0n) is 16.5. The Morgan fingerprint density at radius 1 is 0.966 bits per heavy atom. The Balaban J connectivity index is 1.62. The van der Waals surface area contributed by atoms with Gasteiger partial charge >= 0.3 is 5.69 Å². The molecule has 0 aliphatic rings. The zero-order chi connectivity index (χ0) is 20.4. The number of rotatable bonds is 5. The van der Waals surface area contributed by atoms with Crippen LogP contribution < -0.4 is 10.4 Å². The molecule has 0 atom stereocenters. The Labute approximate surface area is 168 Å². The van der Waals surface area contributed by atoms with Gasteiger partial charge in [-0.2, -0.15) is 9.36 Å². The Bertz CT molecular complexity index is 1210. The normalized spacial score (nSPS) is 10.9. The van der Waals surface area contributed by atoms with E-state index in [1.165, 1.54) is 9.36 Å². The van der Waals surface area contributed by atoms with E-state index in [0.29, 0.717) is 12.3 Å². The minimum absolute atomic E-state index is 0.300. The van der Waals surface area contributed by atoms with E-state index in [-0.39, 0.29) is 5.69 Å². The molecular weight excluding hydrogens is 366 g/mol. The van der Waals surface area contributed by atoms with Gasteiger partial charge in [-0.15, -0.1) is 0 Å². The molecule has 146 valence electrons. The number of nitrogens with zero attached hydrogens (tertiary/aromatic N) is 5. The number of aryl methyl sites for hydroxylation is 3. The van der Waals surface area contributed by atoms with Crippen LogP contribution in [0, 0.1) is 13.8 Å². The highest BCUT2D eigenvalue weighted by Crippen LogP contribution is 2.25. The van der Waals surface area contributed by atoms with Crippen molar-refractivity contribution in [2.75, 3.05) is 0 Å². The van der Waals surface area contributed by atoms with Crippen LogP contribution in [-0.2, 0) is 13.7 Å².